The number of nitrogens with zero attached hydrogens (tertiary/aromatic N) is 3. The molecule has 2 rings (SSSR count). The van der Waals surface area contributed by atoms with Crippen LogP contribution in [0.4, 0.5) is 5.69 Å². The molecule has 0 bridgehead atoms. The van der Waals surface area contributed by atoms with Crippen molar-refractivity contribution in [1.29, 1.82) is 0 Å². The number of hydrogen-bond donors (Lipinski definition) is 2. The second-order valence-electron chi connectivity index (χ2n) is 4.00. The van der Waals surface area contributed by atoms with E-state index in [0.717, 1.165) is 0 Å². The zero-order valence-corrected chi connectivity index (χ0v) is 11.3. The Morgan fingerprint density at radius 2 is 2.00 bits per heavy atom. The van der Waals surface area contributed by atoms with E-state index in [1.807, 2.05) is 0 Å². The molecule has 7 nitrogen and oxygen atoms in total. The number of benzene rings is 1. The van der Waals surface area contributed by atoms with Gasteiger partial charge in [0.1, 0.15) is 18.0 Å². The highest BCUT2D eigenvalue weighted by atomic mass is 35.5. The lowest BCUT2D eigenvalue weighted by Gasteiger charge is -2.09. The number of halogens is 1. The maximum atomic E-state index is 12.0. The summed E-state index contributed by atoms with van der Waals surface area (Å²) in [5.74, 6) is -0.678. The van der Waals surface area contributed by atoms with Crippen LogP contribution in [0.3, 0.4) is 0 Å². The first-order valence-corrected chi connectivity index (χ1v) is 6.21. The first-order chi connectivity index (χ1) is 9.56. The van der Waals surface area contributed by atoms with Crippen molar-refractivity contribution in [2.75, 3.05) is 10.7 Å². The van der Waals surface area contributed by atoms with Gasteiger partial charge in [0.15, 0.2) is 0 Å². The predicted octanol–water partition coefficient (Wildman–Crippen LogP) is 1.23. The van der Waals surface area contributed by atoms with E-state index < -0.39 is 5.38 Å². The van der Waals surface area contributed by atoms with Gasteiger partial charge in [0, 0.05) is 11.3 Å². The van der Waals surface area contributed by atoms with Crippen LogP contribution >= 0.6 is 11.6 Å². The first kappa shape index (κ1) is 14.0. The molecule has 0 fully saturated rings. The molecule has 1 atom stereocenters. The number of carbonyl (C=O) groups is 2. The topological polar surface area (TPSA) is 88.9 Å². The van der Waals surface area contributed by atoms with Crippen LogP contribution in [0.1, 0.15) is 17.3 Å². The molecule has 1 heterocycles. The van der Waals surface area contributed by atoms with Crippen molar-refractivity contribution in [3.8, 4) is 0 Å². The highest BCUT2D eigenvalue weighted by Crippen LogP contribution is 2.12. The van der Waals surface area contributed by atoms with Gasteiger partial charge in [-0.25, -0.2) is 4.68 Å². The van der Waals surface area contributed by atoms with E-state index in [1.165, 1.54) is 17.3 Å². The predicted molar refractivity (Wildman–Crippen MR) is 74.1 cm³/mol. The Hall–Kier alpha value is -2.41. The molecule has 1 unspecified atom stereocenters. The van der Waals surface area contributed by atoms with Crippen molar-refractivity contribution in [1.82, 2.24) is 14.9 Å². The molecule has 1 aromatic carbocycles. The molecule has 0 spiro atoms. The molecule has 2 amide bonds. The fourth-order valence-corrected chi connectivity index (χ4v) is 1.47. The number of hydrogen-bond acceptors (Lipinski definition) is 4. The van der Waals surface area contributed by atoms with Gasteiger partial charge in [0.25, 0.3) is 5.91 Å². The number of alkyl halides is 1. The molecule has 0 radical (unpaired) electrons. The molecule has 104 valence electrons. The summed E-state index contributed by atoms with van der Waals surface area (Å²) in [7, 11) is 0. The van der Waals surface area contributed by atoms with E-state index in [9.17, 15) is 9.59 Å². The largest absolute Gasteiger partial charge is 0.325 e. The van der Waals surface area contributed by atoms with Gasteiger partial charge in [0.2, 0.25) is 5.91 Å². The molecule has 2 aromatic rings. The van der Waals surface area contributed by atoms with Crippen LogP contribution in [0.25, 0.3) is 0 Å². The van der Waals surface area contributed by atoms with E-state index in [0.29, 0.717) is 11.3 Å². The van der Waals surface area contributed by atoms with Crippen LogP contribution in [0, 0.1) is 0 Å². The quantitative estimate of drug-likeness (QED) is 0.830. The van der Waals surface area contributed by atoms with Gasteiger partial charge in [-0.1, -0.05) is 6.07 Å². The summed E-state index contributed by atoms with van der Waals surface area (Å²) >= 11 is 5.67. The third-order valence-electron chi connectivity index (χ3n) is 2.40. The molecular weight excluding hydrogens is 282 g/mol. The number of amides is 2. The van der Waals surface area contributed by atoms with Gasteiger partial charge >= 0.3 is 0 Å². The minimum Gasteiger partial charge on any atom is -0.325 e. The Bertz CT molecular complexity index is 612. The van der Waals surface area contributed by atoms with Gasteiger partial charge in [-0.05, 0) is 25.1 Å². The third-order valence-corrected chi connectivity index (χ3v) is 2.60. The van der Waals surface area contributed by atoms with Crippen molar-refractivity contribution >= 4 is 29.1 Å². The highest BCUT2D eigenvalue weighted by Gasteiger charge is 2.11. The van der Waals surface area contributed by atoms with Crippen molar-refractivity contribution in [3.63, 3.8) is 0 Å². The van der Waals surface area contributed by atoms with Gasteiger partial charge in [-0.3, -0.25) is 15.0 Å². The van der Waals surface area contributed by atoms with E-state index in [4.69, 9.17) is 11.6 Å². The summed E-state index contributed by atoms with van der Waals surface area (Å²) in [5.41, 5.74) is 3.44. The van der Waals surface area contributed by atoms with Crippen LogP contribution < -0.4 is 10.7 Å². The summed E-state index contributed by atoms with van der Waals surface area (Å²) in [6.07, 6.45) is 2.72. The van der Waals surface area contributed by atoms with Crippen molar-refractivity contribution < 1.29 is 9.59 Å². The van der Waals surface area contributed by atoms with Crippen LogP contribution in [0.5, 0.6) is 0 Å². The summed E-state index contributed by atoms with van der Waals surface area (Å²) in [6.45, 7) is 1.57. The standard InChI is InChI=1S/C12H12ClN5O2/c1-8(13)11(19)16-10-4-2-3-9(5-10)12(20)17-18-6-14-15-7-18/h2-8H,1H3,(H,16,19)(H,17,20). The summed E-state index contributed by atoms with van der Waals surface area (Å²) < 4.78 is 1.33. The Kier molecular flexibility index (Phi) is 4.31. The maximum Gasteiger partial charge on any atom is 0.270 e. The minimum absolute atomic E-state index is 0.331. The summed E-state index contributed by atoms with van der Waals surface area (Å²) in [4.78, 5) is 23.4. The summed E-state index contributed by atoms with van der Waals surface area (Å²) in [5, 5.41) is 9.11. The molecule has 0 aliphatic carbocycles. The Labute approximate surface area is 119 Å². The lowest BCUT2D eigenvalue weighted by Crippen LogP contribution is -2.23. The average Bonchev–Trinajstić information content (AvgIpc) is 2.91. The van der Waals surface area contributed by atoms with Crippen LogP contribution in [-0.2, 0) is 4.79 Å². The van der Waals surface area contributed by atoms with Crippen molar-refractivity contribution in [2.45, 2.75) is 12.3 Å². The smallest absolute Gasteiger partial charge is 0.270 e. The molecule has 0 saturated carbocycles. The normalized spacial score (nSPS) is 11.7. The van der Waals surface area contributed by atoms with Gasteiger partial charge in [-0.2, -0.15) is 0 Å². The maximum absolute atomic E-state index is 12.0. The fraction of sp³-hybridized carbons (Fsp3) is 0.167. The summed E-state index contributed by atoms with van der Waals surface area (Å²) in [6, 6.07) is 6.51. The lowest BCUT2D eigenvalue weighted by molar-refractivity contribution is -0.115. The molecule has 0 aliphatic heterocycles. The molecule has 0 saturated heterocycles. The van der Waals surface area contributed by atoms with E-state index in [1.54, 1.807) is 31.2 Å². The lowest BCUT2D eigenvalue weighted by atomic mass is 10.2. The molecule has 8 heteroatoms. The Balaban J connectivity index is 2.09. The van der Waals surface area contributed by atoms with E-state index >= 15 is 0 Å². The number of aromatic nitrogens is 3. The number of carbonyl (C=O) groups excluding carboxylic acids is 2. The molecular formula is C12H12ClN5O2. The SMILES string of the molecule is CC(Cl)C(=O)Nc1cccc(C(=O)Nn2cnnc2)c1. The molecule has 0 aliphatic rings. The van der Waals surface area contributed by atoms with Gasteiger partial charge < -0.3 is 5.32 Å². The zero-order chi connectivity index (χ0) is 14.5. The van der Waals surface area contributed by atoms with E-state index in [2.05, 4.69) is 20.9 Å². The molecule has 20 heavy (non-hydrogen) atoms. The van der Waals surface area contributed by atoms with Crippen LogP contribution in [-0.4, -0.2) is 32.1 Å². The third kappa shape index (κ3) is 3.55. The van der Waals surface area contributed by atoms with Gasteiger partial charge in [0.05, 0.1) is 0 Å². The van der Waals surface area contributed by atoms with Crippen LogP contribution in [0.2, 0.25) is 0 Å². The Morgan fingerprint density at radius 3 is 2.65 bits per heavy atom. The number of rotatable bonds is 4. The average molecular weight is 294 g/mol. The first-order valence-electron chi connectivity index (χ1n) is 5.77. The zero-order valence-electron chi connectivity index (χ0n) is 10.6. The fourth-order valence-electron chi connectivity index (χ4n) is 1.42. The molecule has 1 aromatic heterocycles. The second kappa shape index (κ2) is 6.16. The highest BCUT2D eigenvalue weighted by molar-refractivity contribution is 6.32. The molecule has 2 N–H and O–H groups in total. The van der Waals surface area contributed by atoms with E-state index in [-0.39, 0.29) is 11.8 Å². The second-order valence-corrected chi connectivity index (χ2v) is 4.65. The number of nitrogens with one attached hydrogen (secondary N) is 2. The minimum atomic E-state index is -0.649. The van der Waals surface area contributed by atoms with Crippen molar-refractivity contribution in [3.05, 3.63) is 42.5 Å². The Morgan fingerprint density at radius 1 is 1.30 bits per heavy atom. The van der Waals surface area contributed by atoms with Crippen LogP contribution in [0.15, 0.2) is 36.9 Å². The number of anilines is 1. The van der Waals surface area contributed by atoms with Gasteiger partial charge in [-0.15, -0.1) is 21.8 Å². The monoisotopic (exact) mass is 293 g/mol. The van der Waals surface area contributed by atoms with Crippen molar-refractivity contribution in [2.24, 2.45) is 0 Å².